The van der Waals surface area contributed by atoms with Crippen LogP contribution in [0.4, 0.5) is 0 Å². The van der Waals surface area contributed by atoms with E-state index in [9.17, 15) is 9.59 Å². The molecule has 1 atom stereocenters. The smallest absolute Gasteiger partial charge is 0.188 e. The summed E-state index contributed by atoms with van der Waals surface area (Å²) in [5, 5.41) is 3.09. The monoisotopic (exact) mass is 241 g/mol. The zero-order valence-corrected chi connectivity index (χ0v) is 10.2. The molecule has 3 heteroatoms. The quantitative estimate of drug-likeness (QED) is 0.822. The van der Waals surface area contributed by atoms with Gasteiger partial charge in [0.15, 0.2) is 5.78 Å². The predicted molar refractivity (Wildman–Crippen MR) is 70.2 cm³/mol. The van der Waals surface area contributed by atoms with Crippen LogP contribution >= 0.6 is 0 Å². The first-order chi connectivity index (χ1) is 8.66. The standard InChI is InChI=1S/C15H15NO2/c1-11(17)10-13-8-5-9-14(16-13)15(18)12-6-3-2-4-7-12/h2-9,14,16H,10H2,1H3/t14-/m1/s1. The van der Waals surface area contributed by atoms with E-state index in [0.717, 1.165) is 5.70 Å². The molecule has 0 saturated heterocycles. The SMILES string of the molecule is CC(=O)CC1=CC=C[C@H](C(=O)c2ccccc2)N1. The fourth-order valence-electron chi connectivity index (χ4n) is 1.89. The largest absolute Gasteiger partial charge is 0.375 e. The highest BCUT2D eigenvalue weighted by Gasteiger charge is 2.19. The van der Waals surface area contributed by atoms with Gasteiger partial charge in [0.25, 0.3) is 0 Å². The minimum Gasteiger partial charge on any atom is -0.375 e. The Hall–Kier alpha value is -2.16. The highest BCUT2D eigenvalue weighted by molar-refractivity contribution is 6.01. The molecule has 1 heterocycles. The molecule has 3 nitrogen and oxygen atoms in total. The third-order valence-electron chi connectivity index (χ3n) is 2.72. The Balaban J connectivity index is 2.08. The summed E-state index contributed by atoms with van der Waals surface area (Å²) in [6, 6.07) is 8.76. The Kier molecular flexibility index (Phi) is 3.72. The molecule has 0 radical (unpaired) electrons. The van der Waals surface area contributed by atoms with Crippen molar-refractivity contribution < 1.29 is 9.59 Å². The summed E-state index contributed by atoms with van der Waals surface area (Å²) < 4.78 is 0. The highest BCUT2D eigenvalue weighted by Crippen LogP contribution is 2.11. The van der Waals surface area contributed by atoms with Crippen LogP contribution in [0.3, 0.4) is 0 Å². The van der Waals surface area contributed by atoms with E-state index in [4.69, 9.17) is 0 Å². The molecule has 2 rings (SSSR count). The van der Waals surface area contributed by atoms with Crippen molar-refractivity contribution in [1.82, 2.24) is 5.32 Å². The maximum Gasteiger partial charge on any atom is 0.188 e. The molecule has 0 unspecified atom stereocenters. The van der Waals surface area contributed by atoms with Gasteiger partial charge in [-0.25, -0.2) is 0 Å². The van der Waals surface area contributed by atoms with E-state index in [1.54, 1.807) is 18.2 Å². The zero-order valence-electron chi connectivity index (χ0n) is 10.2. The molecule has 0 fully saturated rings. The molecule has 0 aliphatic carbocycles. The second-order valence-corrected chi connectivity index (χ2v) is 4.31. The van der Waals surface area contributed by atoms with Gasteiger partial charge in [-0.15, -0.1) is 0 Å². The fourth-order valence-corrected chi connectivity index (χ4v) is 1.89. The topological polar surface area (TPSA) is 46.2 Å². The Bertz CT molecular complexity index is 515. The average Bonchev–Trinajstić information content (AvgIpc) is 2.38. The fraction of sp³-hybridized carbons (Fsp3) is 0.200. The highest BCUT2D eigenvalue weighted by atomic mass is 16.1. The second kappa shape index (κ2) is 5.45. The number of hydrogen-bond acceptors (Lipinski definition) is 3. The van der Waals surface area contributed by atoms with E-state index >= 15 is 0 Å². The van der Waals surface area contributed by atoms with Crippen LogP contribution in [0.25, 0.3) is 0 Å². The molecule has 0 amide bonds. The lowest BCUT2D eigenvalue weighted by Gasteiger charge is -2.20. The van der Waals surface area contributed by atoms with Gasteiger partial charge in [0.2, 0.25) is 0 Å². The van der Waals surface area contributed by atoms with Crippen molar-refractivity contribution in [3.05, 3.63) is 59.8 Å². The van der Waals surface area contributed by atoms with Gasteiger partial charge in [-0.3, -0.25) is 9.59 Å². The molecule has 18 heavy (non-hydrogen) atoms. The van der Waals surface area contributed by atoms with E-state index in [1.807, 2.05) is 30.4 Å². The van der Waals surface area contributed by atoms with Crippen LogP contribution in [0, 0.1) is 0 Å². The van der Waals surface area contributed by atoms with Crippen LogP contribution < -0.4 is 5.32 Å². The summed E-state index contributed by atoms with van der Waals surface area (Å²) in [5.41, 5.74) is 1.46. The van der Waals surface area contributed by atoms with Crippen molar-refractivity contribution in [3.63, 3.8) is 0 Å². The van der Waals surface area contributed by atoms with Gasteiger partial charge in [0, 0.05) is 17.7 Å². The van der Waals surface area contributed by atoms with Crippen LogP contribution in [0.1, 0.15) is 23.7 Å². The predicted octanol–water partition coefficient (Wildman–Crippen LogP) is 2.26. The molecule has 1 N–H and O–H groups in total. The Morgan fingerprint density at radius 2 is 1.94 bits per heavy atom. The number of carbonyl (C=O) groups excluding carboxylic acids is 2. The van der Waals surface area contributed by atoms with E-state index in [1.165, 1.54) is 6.92 Å². The number of dihydropyridines is 1. The van der Waals surface area contributed by atoms with Crippen molar-refractivity contribution in [1.29, 1.82) is 0 Å². The maximum absolute atomic E-state index is 12.2. The number of allylic oxidation sites excluding steroid dienone is 3. The minimum atomic E-state index is -0.383. The van der Waals surface area contributed by atoms with Crippen molar-refractivity contribution >= 4 is 11.6 Å². The lowest BCUT2D eigenvalue weighted by Crippen LogP contribution is -2.36. The van der Waals surface area contributed by atoms with Gasteiger partial charge in [-0.1, -0.05) is 42.5 Å². The maximum atomic E-state index is 12.2. The molecule has 0 bridgehead atoms. The van der Waals surface area contributed by atoms with Crippen LogP contribution in [-0.2, 0) is 4.79 Å². The summed E-state index contributed by atoms with van der Waals surface area (Å²) in [6.07, 6.45) is 5.79. The van der Waals surface area contributed by atoms with Gasteiger partial charge >= 0.3 is 0 Å². The molecular weight excluding hydrogens is 226 g/mol. The summed E-state index contributed by atoms with van der Waals surface area (Å²) >= 11 is 0. The molecule has 0 spiro atoms. The third kappa shape index (κ3) is 2.94. The zero-order chi connectivity index (χ0) is 13.0. The Labute approximate surface area is 106 Å². The van der Waals surface area contributed by atoms with Crippen LogP contribution in [0.15, 0.2) is 54.3 Å². The van der Waals surface area contributed by atoms with E-state index in [0.29, 0.717) is 12.0 Å². The van der Waals surface area contributed by atoms with Gasteiger partial charge in [-0.2, -0.15) is 0 Å². The van der Waals surface area contributed by atoms with Crippen molar-refractivity contribution in [2.75, 3.05) is 0 Å². The molecule has 0 saturated carbocycles. The molecule has 92 valence electrons. The first kappa shape index (κ1) is 12.3. The first-order valence-corrected chi connectivity index (χ1v) is 5.89. The second-order valence-electron chi connectivity index (χ2n) is 4.31. The van der Waals surface area contributed by atoms with E-state index in [2.05, 4.69) is 5.32 Å². The van der Waals surface area contributed by atoms with Gasteiger partial charge < -0.3 is 5.32 Å². The number of ketones is 2. The average molecular weight is 241 g/mol. The molecule has 1 aliphatic rings. The van der Waals surface area contributed by atoms with Crippen LogP contribution in [-0.4, -0.2) is 17.6 Å². The van der Waals surface area contributed by atoms with Crippen LogP contribution in [0.5, 0.6) is 0 Å². The van der Waals surface area contributed by atoms with Gasteiger partial charge in [0.05, 0.1) is 0 Å². The van der Waals surface area contributed by atoms with Crippen molar-refractivity contribution in [2.24, 2.45) is 0 Å². The van der Waals surface area contributed by atoms with Gasteiger partial charge in [0.1, 0.15) is 11.8 Å². The lowest BCUT2D eigenvalue weighted by atomic mass is 10.0. The minimum absolute atomic E-state index is 0.0148. The molecule has 1 aromatic rings. The van der Waals surface area contributed by atoms with Gasteiger partial charge in [-0.05, 0) is 13.0 Å². The van der Waals surface area contributed by atoms with Crippen molar-refractivity contribution in [3.8, 4) is 0 Å². The van der Waals surface area contributed by atoms with E-state index < -0.39 is 0 Å². The number of hydrogen-bond donors (Lipinski definition) is 1. The summed E-state index contributed by atoms with van der Waals surface area (Å²) in [4.78, 5) is 23.3. The molecule has 0 aromatic heterocycles. The molecule has 1 aliphatic heterocycles. The van der Waals surface area contributed by atoms with E-state index in [-0.39, 0.29) is 17.6 Å². The number of benzene rings is 1. The summed E-state index contributed by atoms with van der Waals surface area (Å²) in [6.45, 7) is 1.54. The number of carbonyl (C=O) groups is 2. The number of Topliss-reactive ketones (excluding diaryl/α,β-unsaturated/α-hetero) is 2. The normalized spacial score (nSPS) is 17.8. The first-order valence-electron chi connectivity index (χ1n) is 5.89. The van der Waals surface area contributed by atoms with Crippen LogP contribution in [0.2, 0.25) is 0 Å². The summed E-state index contributed by atoms with van der Waals surface area (Å²) in [5.74, 6) is 0.0935. The van der Waals surface area contributed by atoms with Crippen molar-refractivity contribution in [2.45, 2.75) is 19.4 Å². The molecular formula is C15H15NO2. The summed E-state index contributed by atoms with van der Waals surface area (Å²) in [7, 11) is 0. The Morgan fingerprint density at radius 3 is 2.61 bits per heavy atom. The molecule has 1 aromatic carbocycles. The Morgan fingerprint density at radius 1 is 1.22 bits per heavy atom. The lowest BCUT2D eigenvalue weighted by molar-refractivity contribution is -0.116. The number of rotatable bonds is 4. The third-order valence-corrected chi connectivity index (χ3v) is 2.72. The number of nitrogens with one attached hydrogen (secondary N) is 1.